The van der Waals surface area contributed by atoms with E-state index in [-0.39, 0.29) is 12.5 Å². The van der Waals surface area contributed by atoms with Gasteiger partial charge in [0.15, 0.2) is 6.61 Å². The Balaban J connectivity index is 1.57. The highest BCUT2D eigenvalue weighted by Crippen LogP contribution is 2.36. The van der Waals surface area contributed by atoms with Crippen molar-refractivity contribution in [2.24, 2.45) is 0 Å². The fourth-order valence-corrected chi connectivity index (χ4v) is 4.15. The van der Waals surface area contributed by atoms with Crippen molar-refractivity contribution in [3.63, 3.8) is 0 Å². The molecule has 132 valence electrons. The molecular weight excluding hydrogens is 334 g/mol. The van der Waals surface area contributed by atoms with Gasteiger partial charge < -0.3 is 14.5 Å². The molecule has 5 nitrogen and oxygen atoms in total. The summed E-state index contributed by atoms with van der Waals surface area (Å²) in [6.45, 7) is 6.05. The van der Waals surface area contributed by atoms with E-state index in [2.05, 4.69) is 15.3 Å². The minimum Gasteiger partial charge on any atom is -0.482 e. The van der Waals surface area contributed by atoms with Crippen LogP contribution in [0.2, 0.25) is 0 Å². The Hall–Kier alpha value is -1.92. The summed E-state index contributed by atoms with van der Waals surface area (Å²) in [4.78, 5) is 21.4. The molecule has 2 aromatic rings. The van der Waals surface area contributed by atoms with E-state index in [1.165, 1.54) is 19.3 Å². The van der Waals surface area contributed by atoms with Crippen LogP contribution in [0.15, 0.2) is 23.6 Å². The molecule has 0 atom stereocenters. The zero-order chi connectivity index (χ0) is 17.2. The van der Waals surface area contributed by atoms with Crippen LogP contribution in [-0.2, 0) is 4.79 Å². The highest BCUT2D eigenvalue weighted by atomic mass is 32.1. The third-order valence-electron chi connectivity index (χ3n) is 4.91. The molecule has 1 aromatic heterocycles. The van der Waals surface area contributed by atoms with Crippen LogP contribution in [0.5, 0.6) is 5.75 Å². The van der Waals surface area contributed by atoms with Gasteiger partial charge in [-0.15, -0.1) is 11.3 Å². The minimum absolute atomic E-state index is 0.0381. The SMILES string of the molecule is Cc1nc(-c2ccc3c(c2)N(CCN2CCCCC2)C(=O)CO3)cs1. The zero-order valence-corrected chi connectivity index (χ0v) is 15.3. The van der Waals surface area contributed by atoms with Gasteiger partial charge in [0, 0.05) is 24.0 Å². The van der Waals surface area contributed by atoms with Crippen molar-refractivity contribution >= 4 is 22.9 Å². The van der Waals surface area contributed by atoms with E-state index in [9.17, 15) is 4.79 Å². The van der Waals surface area contributed by atoms with Crippen molar-refractivity contribution in [2.75, 3.05) is 37.7 Å². The number of anilines is 1. The van der Waals surface area contributed by atoms with Gasteiger partial charge in [0.1, 0.15) is 5.75 Å². The maximum absolute atomic E-state index is 12.5. The summed E-state index contributed by atoms with van der Waals surface area (Å²) in [7, 11) is 0. The lowest BCUT2D eigenvalue weighted by atomic mass is 10.1. The molecule has 1 fully saturated rings. The molecule has 6 heteroatoms. The number of ether oxygens (including phenoxy) is 1. The second-order valence-corrected chi connectivity index (χ2v) is 7.73. The number of hydrogen-bond donors (Lipinski definition) is 0. The average Bonchev–Trinajstić information content (AvgIpc) is 3.08. The third-order valence-corrected chi connectivity index (χ3v) is 5.68. The number of fused-ring (bicyclic) bond motifs is 1. The Morgan fingerprint density at radius 2 is 2.04 bits per heavy atom. The number of hydrogen-bond acceptors (Lipinski definition) is 5. The molecule has 0 saturated carbocycles. The molecule has 2 aliphatic heterocycles. The molecule has 0 spiro atoms. The topological polar surface area (TPSA) is 45.7 Å². The smallest absolute Gasteiger partial charge is 0.265 e. The number of carbonyl (C=O) groups excluding carboxylic acids is 1. The number of carbonyl (C=O) groups is 1. The van der Waals surface area contributed by atoms with Gasteiger partial charge in [-0.1, -0.05) is 6.42 Å². The number of piperidine rings is 1. The fraction of sp³-hybridized carbons (Fsp3) is 0.474. The van der Waals surface area contributed by atoms with E-state index < -0.39 is 0 Å². The Bertz CT molecular complexity index is 768. The van der Waals surface area contributed by atoms with E-state index in [0.29, 0.717) is 0 Å². The minimum atomic E-state index is 0.0381. The molecule has 0 bridgehead atoms. The number of aryl methyl sites for hydroxylation is 1. The van der Waals surface area contributed by atoms with Crippen LogP contribution in [0.3, 0.4) is 0 Å². The van der Waals surface area contributed by atoms with Gasteiger partial charge in [0.05, 0.1) is 16.4 Å². The number of likely N-dealkylation sites (tertiary alicyclic amines) is 1. The van der Waals surface area contributed by atoms with Gasteiger partial charge >= 0.3 is 0 Å². The van der Waals surface area contributed by atoms with E-state index in [1.54, 1.807) is 11.3 Å². The fourth-order valence-electron chi connectivity index (χ4n) is 3.53. The quantitative estimate of drug-likeness (QED) is 0.842. The molecule has 0 N–H and O–H groups in total. The van der Waals surface area contributed by atoms with E-state index in [1.807, 2.05) is 30.0 Å². The van der Waals surface area contributed by atoms with Crippen LogP contribution >= 0.6 is 11.3 Å². The first kappa shape index (κ1) is 16.5. The maximum atomic E-state index is 12.5. The highest BCUT2D eigenvalue weighted by molar-refractivity contribution is 7.09. The van der Waals surface area contributed by atoms with Crippen LogP contribution in [0, 0.1) is 6.92 Å². The van der Waals surface area contributed by atoms with Crippen LogP contribution in [0.25, 0.3) is 11.3 Å². The molecule has 2 aliphatic rings. The Labute approximate surface area is 152 Å². The summed E-state index contributed by atoms with van der Waals surface area (Å²) in [6.07, 6.45) is 3.86. The summed E-state index contributed by atoms with van der Waals surface area (Å²) in [5, 5.41) is 3.10. The van der Waals surface area contributed by atoms with E-state index in [0.717, 1.165) is 53.9 Å². The summed E-state index contributed by atoms with van der Waals surface area (Å²) < 4.78 is 5.63. The van der Waals surface area contributed by atoms with Gasteiger partial charge in [-0.2, -0.15) is 0 Å². The molecule has 0 unspecified atom stereocenters. The lowest BCUT2D eigenvalue weighted by Crippen LogP contribution is -2.44. The number of rotatable bonds is 4. The zero-order valence-electron chi connectivity index (χ0n) is 14.5. The molecular formula is C19H23N3O2S. The Kier molecular flexibility index (Phi) is 4.72. The second-order valence-electron chi connectivity index (χ2n) is 6.67. The Morgan fingerprint density at radius 1 is 1.20 bits per heavy atom. The van der Waals surface area contributed by atoms with Crippen molar-refractivity contribution < 1.29 is 9.53 Å². The van der Waals surface area contributed by atoms with Crippen LogP contribution in [0.4, 0.5) is 5.69 Å². The lowest BCUT2D eigenvalue weighted by Gasteiger charge is -2.33. The van der Waals surface area contributed by atoms with Crippen molar-refractivity contribution in [1.29, 1.82) is 0 Å². The standard InChI is InChI=1S/C19H23N3O2S/c1-14-20-16(13-25-14)15-5-6-18-17(11-15)22(19(23)12-24-18)10-9-21-7-3-2-4-8-21/h5-6,11,13H,2-4,7-10,12H2,1H3. The van der Waals surface area contributed by atoms with Gasteiger partial charge in [0.2, 0.25) is 0 Å². The molecule has 25 heavy (non-hydrogen) atoms. The highest BCUT2D eigenvalue weighted by Gasteiger charge is 2.26. The van der Waals surface area contributed by atoms with E-state index >= 15 is 0 Å². The van der Waals surface area contributed by atoms with Crippen molar-refractivity contribution in [1.82, 2.24) is 9.88 Å². The van der Waals surface area contributed by atoms with Gasteiger partial charge in [-0.25, -0.2) is 4.98 Å². The third kappa shape index (κ3) is 3.55. The first-order valence-corrected chi connectivity index (χ1v) is 9.81. The predicted molar refractivity (Wildman–Crippen MR) is 100 cm³/mol. The first-order chi connectivity index (χ1) is 12.2. The molecule has 1 saturated heterocycles. The number of amides is 1. The summed E-state index contributed by atoms with van der Waals surface area (Å²) in [6, 6.07) is 6.02. The maximum Gasteiger partial charge on any atom is 0.265 e. The lowest BCUT2D eigenvalue weighted by molar-refractivity contribution is -0.121. The molecule has 0 radical (unpaired) electrons. The average molecular weight is 357 g/mol. The predicted octanol–water partition coefficient (Wildman–Crippen LogP) is 3.33. The normalized spacial score (nSPS) is 18.1. The van der Waals surface area contributed by atoms with Crippen molar-refractivity contribution in [3.05, 3.63) is 28.6 Å². The second kappa shape index (κ2) is 7.14. The summed E-state index contributed by atoms with van der Waals surface area (Å²) >= 11 is 1.64. The summed E-state index contributed by atoms with van der Waals surface area (Å²) in [5.41, 5.74) is 2.86. The molecule has 3 heterocycles. The van der Waals surface area contributed by atoms with Crippen LogP contribution in [-0.4, -0.2) is 48.6 Å². The largest absolute Gasteiger partial charge is 0.482 e. The molecule has 1 aromatic carbocycles. The number of aromatic nitrogens is 1. The van der Waals surface area contributed by atoms with Gasteiger partial charge in [0.25, 0.3) is 5.91 Å². The number of thiazole rings is 1. The van der Waals surface area contributed by atoms with Crippen LogP contribution in [0.1, 0.15) is 24.3 Å². The van der Waals surface area contributed by atoms with Crippen LogP contribution < -0.4 is 9.64 Å². The van der Waals surface area contributed by atoms with Crippen molar-refractivity contribution in [2.45, 2.75) is 26.2 Å². The molecule has 1 amide bonds. The molecule has 0 aliphatic carbocycles. The summed E-state index contributed by atoms with van der Waals surface area (Å²) in [5.74, 6) is 0.824. The monoisotopic (exact) mass is 357 g/mol. The Morgan fingerprint density at radius 3 is 2.80 bits per heavy atom. The first-order valence-electron chi connectivity index (χ1n) is 8.93. The molecule has 4 rings (SSSR count). The van der Waals surface area contributed by atoms with Gasteiger partial charge in [-0.3, -0.25) is 4.79 Å². The number of benzene rings is 1. The van der Waals surface area contributed by atoms with E-state index in [4.69, 9.17) is 4.74 Å². The number of nitrogens with zero attached hydrogens (tertiary/aromatic N) is 3. The van der Waals surface area contributed by atoms with Gasteiger partial charge in [-0.05, 0) is 51.1 Å². The van der Waals surface area contributed by atoms with Crippen molar-refractivity contribution in [3.8, 4) is 17.0 Å².